The molecule has 3 unspecified atom stereocenters. The summed E-state index contributed by atoms with van der Waals surface area (Å²) in [6.07, 6.45) is 7.67. The van der Waals surface area contributed by atoms with Gasteiger partial charge in [0.15, 0.2) is 0 Å². The summed E-state index contributed by atoms with van der Waals surface area (Å²) in [5, 5.41) is 3.45. The molecule has 0 aromatic rings. The molecule has 1 saturated heterocycles. The summed E-state index contributed by atoms with van der Waals surface area (Å²) >= 11 is 0. The van der Waals surface area contributed by atoms with E-state index in [0.717, 1.165) is 31.5 Å². The first-order valence-corrected chi connectivity index (χ1v) is 7.69. The Bertz CT molecular complexity index is 274. The van der Waals surface area contributed by atoms with Gasteiger partial charge in [0.1, 0.15) is 0 Å². The minimum atomic E-state index is -0.000920. The Morgan fingerprint density at radius 3 is 2.61 bits per heavy atom. The molecule has 0 bridgehead atoms. The monoisotopic (exact) mass is 252 g/mol. The van der Waals surface area contributed by atoms with Crippen molar-refractivity contribution < 1.29 is 4.79 Å². The molecule has 2 rings (SSSR count). The molecule has 1 heterocycles. The van der Waals surface area contributed by atoms with Crippen molar-refractivity contribution in [2.75, 3.05) is 19.6 Å². The number of hydrogen-bond donors (Lipinski definition) is 1. The second kappa shape index (κ2) is 6.55. The van der Waals surface area contributed by atoms with Gasteiger partial charge in [0.05, 0.1) is 6.04 Å². The fourth-order valence-electron chi connectivity index (χ4n) is 3.33. The van der Waals surface area contributed by atoms with E-state index in [0.29, 0.717) is 5.91 Å². The lowest BCUT2D eigenvalue weighted by Crippen LogP contribution is -2.47. The lowest BCUT2D eigenvalue weighted by Gasteiger charge is -2.30. The van der Waals surface area contributed by atoms with Crippen molar-refractivity contribution in [2.45, 2.75) is 58.4 Å². The van der Waals surface area contributed by atoms with E-state index in [4.69, 9.17) is 0 Å². The van der Waals surface area contributed by atoms with Crippen LogP contribution in [0.15, 0.2) is 0 Å². The van der Waals surface area contributed by atoms with Gasteiger partial charge in [-0.15, -0.1) is 0 Å². The first-order valence-electron chi connectivity index (χ1n) is 7.69. The van der Waals surface area contributed by atoms with E-state index in [2.05, 4.69) is 12.2 Å². The van der Waals surface area contributed by atoms with Crippen LogP contribution in [-0.4, -0.2) is 36.5 Å². The summed E-state index contributed by atoms with van der Waals surface area (Å²) in [6.45, 7) is 7.30. The average molecular weight is 252 g/mol. The van der Waals surface area contributed by atoms with Crippen LogP contribution in [0.4, 0.5) is 0 Å². The lowest BCUT2D eigenvalue weighted by atomic mass is 10.1. The number of likely N-dealkylation sites (tertiary alicyclic amines) is 1. The molecule has 1 aliphatic carbocycles. The third-order valence-corrected chi connectivity index (χ3v) is 4.55. The molecule has 0 spiro atoms. The van der Waals surface area contributed by atoms with Crippen molar-refractivity contribution in [1.82, 2.24) is 10.2 Å². The maximum atomic E-state index is 12.2. The quantitative estimate of drug-likeness (QED) is 0.833. The summed E-state index contributed by atoms with van der Waals surface area (Å²) in [7, 11) is 0. The van der Waals surface area contributed by atoms with Crippen molar-refractivity contribution in [3.8, 4) is 0 Å². The molecule has 2 fully saturated rings. The number of amides is 1. The molecule has 3 atom stereocenters. The van der Waals surface area contributed by atoms with Crippen LogP contribution in [-0.2, 0) is 4.79 Å². The first-order chi connectivity index (χ1) is 8.66. The van der Waals surface area contributed by atoms with E-state index >= 15 is 0 Å². The molecule has 2 aliphatic rings. The molecular formula is C15H28N2O. The topological polar surface area (TPSA) is 32.3 Å². The summed E-state index contributed by atoms with van der Waals surface area (Å²) < 4.78 is 0. The molecule has 3 nitrogen and oxygen atoms in total. The Morgan fingerprint density at radius 2 is 2.00 bits per heavy atom. The standard InChI is InChI=1S/C15H28N2O/c1-12-6-7-14(10-12)11-16-13(2)15(18)17-8-4-3-5-9-17/h12-14,16H,3-11H2,1-2H3. The van der Waals surface area contributed by atoms with Gasteiger partial charge in [-0.3, -0.25) is 4.79 Å². The van der Waals surface area contributed by atoms with Crippen LogP contribution in [0.2, 0.25) is 0 Å². The van der Waals surface area contributed by atoms with E-state index in [1.54, 1.807) is 0 Å². The van der Waals surface area contributed by atoms with Gasteiger partial charge < -0.3 is 10.2 Å². The van der Waals surface area contributed by atoms with Crippen LogP contribution in [0.3, 0.4) is 0 Å². The van der Waals surface area contributed by atoms with Gasteiger partial charge in [-0.2, -0.15) is 0 Å². The number of rotatable bonds is 4. The lowest BCUT2D eigenvalue weighted by molar-refractivity contribution is -0.133. The molecule has 0 aromatic carbocycles. The Hall–Kier alpha value is -0.570. The zero-order valence-electron chi connectivity index (χ0n) is 12.0. The third-order valence-electron chi connectivity index (χ3n) is 4.55. The molecule has 1 saturated carbocycles. The van der Waals surface area contributed by atoms with Crippen molar-refractivity contribution >= 4 is 5.91 Å². The highest BCUT2D eigenvalue weighted by atomic mass is 16.2. The first kappa shape index (κ1) is 13.9. The fraction of sp³-hybridized carbons (Fsp3) is 0.933. The van der Waals surface area contributed by atoms with Gasteiger partial charge in [0.25, 0.3) is 0 Å². The van der Waals surface area contributed by atoms with Crippen LogP contribution < -0.4 is 5.32 Å². The molecule has 18 heavy (non-hydrogen) atoms. The minimum absolute atomic E-state index is 0.000920. The van der Waals surface area contributed by atoms with Crippen molar-refractivity contribution in [1.29, 1.82) is 0 Å². The predicted molar refractivity (Wildman–Crippen MR) is 74.4 cm³/mol. The zero-order chi connectivity index (χ0) is 13.0. The van der Waals surface area contributed by atoms with E-state index in [1.165, 1.54) is 38.5 Å². The van der Waals surface area contributed by atoms with Crippen molar-refractivity contribution in [3.05, 3.63) is 0 Å². The Labute approximate surface area is 111 Å². The van der Waals surface area contributed by atoms with E-state index in [1.807, 2.05) is 11.8 Å². The minimum Gasteiger partial charge on any atom is -0.341 e. The zero-order valence-corrected chi connectivity index (χ0v) is 12.0. The summed E-state index contributed by atoms with van der Waals surface area (Å²) in [5.41, 5.74) is 0. The van der Waals surface area contributed by atoms with Crippen LogP contribution in [0.5, 0.6) is 0 Å². The number of nitrogens with zero attached hydrogens (tertiary/aromatic N) is 1. The molecule has 1 N–H and O–H groups in total. The second-order valence-corrected chi connectivity index (χ2v) is 6.30. The maximum Gasteiger partial charge on any atom is 0.239 e. The van der Waals surface area contributed by atoms with E-state index < -0.39 is 0 Å². The Balaban J connectivity index is 1.70. The second-order valence-electron chi connectivity index (χ2n) is 6.30. The molecule has 104 valence electrons. The highest BCUT2D eigenvalue weighted by molar-refractivity contribution is 5.81. The van der Waals surface area contributed by atoms with Crippen LogP contribution in [0.25, 0.3) is 0 Å². The summed E-state index contributed by atoms with van der Waals surface area (Å²) in [5.74, 6) is 1.97. The van der Waals surface area contributed by atoms with E-state index in [-0.39, 0.29) is 6.04 Å². The highest BCUT2D eigenvalue weighted by Gasteiger charge is 2.25. The normalized spacial score (nSPS) is 30.4. The van der Waals surface area contributed by atoms with E-state index in [9.17, 15) is 4.79 Å². The number of carbonyl (C=O) groups excluding carboxylic acids is 1. The average Bonchev–Trinajstić information content (AvgIpc) is 2.82. The van der Waals surface area contributed by atoms with Gasteiger partial charge in [0, 0.05) is 13.1 Å². The summed E-state index contributed by atoms with van der Waals surface area (Å²) in [4.78, 5) is 14.3. The van der Waals surface area contributed by atoms with Gasteiger partial charge in [-0.05, 0) is 57.4 Å². The van der Waals surface area contributed by atoms with Gasteiger partial charge in [0.2, 0.25) is 5.91 Å². The number of nitrogens with one attached hydrogen (secondary N) is 1. The molecule has 0 radical (unpaired) electrons. The fourth-order valence-corrected chi connectivity index (χ4v) is 3.33. The molecule has 1 amide bonds. The summed E-state index contributed by atoms with van der Waals surface area (Å²) in [6, 6.07) is -0.000920. The number of hydrogen-bond acceptors (Lipinski definition) is 2. The largest absolute Gasteiger partial charge is 0.341 e. The van der Waals surface area contributed by atoms with Crippen LogP contribution in [0.1, 0.15) is 52.4 Å². The Kier molecular flexibility index (Phi) is 5.04. The number of carbonyl (C=O) groups is 1. The van der Waals surface area contributed by atoms with Gasteiger partial charge in [-0.1, -0.05) is 13.3 Å². The van der Waals surface area contributed by atoms with Crippen molar-refractivity contribution in [3.63, 3.8) is 0 Å². The smallest absolute Gasteiger partial charge is 0.239 e. The van der Waals surface area contributed by atoms with Crippen LogP contribution >= 0.6 is 0 Å². The SMILES string of the molecule is CC1CCC(CNC(C)C(=O)N2CCCCC2)C1. The maximum absolute atomic E-state index is 12.2. The van der Waals surface area contributed by atoms with Gasteiger partial charge >= 0.3 is 0 Å². The molecule has 3 heteroatoms. The molecule has 0 aromatic heterocycles. The molecular weight excluding hydrogens is 224 g/mol. The Morgan fingerprint density at radius 1 is 1.28 bits per heavy atom. The number of piperidine rings is 1. The molecule has 1 aliphatic heterocycles. The highest BCUT2D eigenvalue weighted by Crippen LogP contribution is 2.29. The van der Waals surface area contributed by atoms with Gasteiger partial charge in [-0.25, -0.2) is 0 Å². The third kappa shape index (κ3) is 3.71. The predicted octanol–water partition coefficient (Wildman–Crippen LogP) is 2.41. The van der Waals surface area contributed by atoms with Crippen molar-refractivity contribution in [2.24, 2.45) is 11.8 Å². The van der Waals surface area contributed by atoms with Crippen LogP contribution in [0, 0.1) is 11.8 Å².